The lowest BCUT2D eigenvalue weighted by Crippen LogP contribution is -2.44. The van der Waals surface area contributed by atoms with Crippen LogP contribution >= 0.6 is 0 Å². The van der Waals surface area contributed by atoms with Crippen molar-refractivity contribution in [2.45, 2.75) is 65.4 Å². The minimum atomic E-state index is 0.116. The SMILES string of the molecule is C=C1CCC2(CC(C)C)OC([B]C)C1C2C(C)C. The van der Waals surface area contributed by atoms with E-state index in [-0.39, 0.29) is 5.60 Å². The summed E-state index contributed by atoms with van der Waals surface area (Å²) >= 11 is 0. The van der Waals surface area contributed by atoms with E-state index in [1.807, 2.05) is 0 Å². The van der Waals surface area contributed by atoms with Crippen LogP contribution in [-0.4, -0.2) is 18.9 Å². The van der Waals surface area contributed by atoms with Gasteiger partial charge >= 0.3 is 0 Å². The fourth-order valence-corrected chi connectivity index (χ4v) is 4.48. The summed E-state index contributed by atoms with van der Waals surface area (Å²) in [4.78, 5) is 0. The molecule has 0 amide bonds. The normalized spacial score (nSPS) is 39.7. The summed E-state index contributed by atoms with van der Waals surface area (Å²) in [6, 6.07) is 0.297. The van der Waals surface area contributed by atoms with Crippen molar-refractivity contribution in [1.82, 2.24) is 0 Å². The molecule has 2 fully saturated rings. The van der Waals surface area contributed by atoms with Gasteiger partial charge in [-0.2, -0.15) is 0 Å². The average Bonchev–Trinajstić information content (AvgIpc) is 2.53. The summed E-state index contributed by atoms with van der Waals surface area (Å²) in [5.41, 5.74) is 1.54. The molecule has 1 nitrogen and oxygen atoms in total. The Morgan fingerprint density at radius 3 is 2.56 bits per heavy atom. The molecule has 18 heavy (non-hydrogen) atoms. The second kappa shape index (κ2) is 5.04. The monoisotopic (exact) mass is 247 g/mol. The summed E-state index contributed by atoms with van der Waals surface area (Å²) in [5, 5.41) is 0. The first kappa shape index (κ1) is 14.2. The predicted molar refractivity (Wildman–Crippen MR) is 78.9 cm³/mol. The van der Waals surface area contributed by atoms with E-state index in [1.165, 1.54) is 18.4 Å². The van der Waals surface area contributed by atoms with Crippen LogP contribution in [0.4, 0.5) is 0 Å². The standard InChI is InChI=1S/C16H28BO/c1-10(2)9-16-8-7-12(5)13(14(16)11(3)4)15(17-6)18-16/h10-11,13-15H,5,7-9H2,1-4,6H3. The zero-order valence-corrected chi connectivity index (χ0v) is 12.7. The number of fused-ring (bicyclic) bond motifs is 2. The molecule has 4 unspecified atom stereocenters. The van der Waals surface area contributed by atoms with Crippen molar-refractivity contribution in [2.24, 2.45) is 23.7 Å². The minimum Gasteiger partial charge on any atom is -0.380 e. The van der Waals surface area contributed by atoms with E-state index in [0.29, 0.717) is 29.7 Å². The molecule has 1 radical (unpaired) electrons. The molecule has 2 aliphatic rings. The van der Waals surface area contributed by atoms with Gasteiger partial charge in [-0.25, -0.2) is 0 Å². The van der Waals surface area contributed by atoms with Gasteiger partial charge in [0.05, 0.1) is 5.60 Å². The fraction of sp³-hybridized carbons (Fsp3) is 0.875. The summed E-state index contributed by atoms with van der Waals surface area (Å²) in [5.74, 6) is 2.59. The molecular weight excluding hydrogens is 219 g/mol. The van der Waals surface area contributed by atoms with Gasteiger partial charge in [-0.15, -0.1) is 0 Å². The van der Waals surface area contributed by atoms with E-state index in [9.17, 15) is 0 Å². The Morgan fingerprint density at radius 1 is 1.39 bits per heavy atom. The lowest BCUT2D eigenvalue weighted by atomic mass is 9.57. The molecule has 1 saturated carbocycles. The van der Waals surface area contributed by atoms with Crippen LogP contribution in [0.15, 0.2) is 12.2 Å². The van der Waals surface area contributed by atoms with Crippen LogP contribution in [0, 0.1) is 23.7 Å². The number of ether oxygens (including phenoxy) is 1. The first-order chi connectivity index (χ1) is 8.41. The Labute approximate surface area is 114 Å². The van der Waals surface area contributed by atoms with E-state index in [4.69, 9.17) is 4.74 Å². The van der Waals surface area contributed by atoms with Crippen molar-refractivity contribution >= 4 is 7.28 Å². The number of hydrogen-bond acceptors (Lipinski definition) is 1. The average molecular weight is 247 g/mol. The van der Waals surface area contributed by atoms with E-state index < -0.39 is 0 Å². The van der Waals surface area contributed by atoms with Crippen LogP contribution in [-0.2, 0) is 4.74 Å². The van der Waals surface area contributed by atoms with Gasteiger partial charge in [-0.3, -0.25) is 0 Å². The third-order valence-corrected chi connectivity index (χ3v) is 4.86. The van der Waals surface area contributed by atoms with Gasteiger partial charge in [0.25, 0.3) is 0 Å². The highest BCUT2D eigenvalue weighted by molar-refractivity contribution is 6.35. The van der Waals surface area contributed by atoms with Crippen LogP contribution in [0.25, 0.3) is 0 Å². The lowest BCUT2D eigenvalue weighted by Gasteiger charge is -2.43. The molecule has 1 aliphatic carbocycles. The highest BCUT2D eigenvalue weighted by Crippen LogP contribution is 2.56. The summed E-state index contributed by atoms with van der Waals surface area (Å²) in [7, 11) is 2.25. The minimum absolute atomic E-state index is 0.116. The molecule has 0 N–H and O–H groups in total. The zero-order chi connectivity index (χ0) is 13.5. The van der Waals surface area contributed by atoms with E-state index in [2.05, 4.69) is 48.4 Å². The molecule has 101 valence electrons. The van der Waals surface area contributed by atoms with Gasteiger partial charge < -0.3 is 4.74 Å². The maximum atomic E-state index is 6.56. The molecule has 0 aromatic carbocycles. The van der Waals surface area contributed by atoms with Crippen LogP contribution < -0.4 is 0 Å². The maximum absolute atomic E-state index is 6.56. The van der Waals surface area contributed by atoms with E-state index >= 15 is 0 Å². The first-order valence-electron chi connectivity index (χ1n) is 7.56. The molecular formula is C16H28BO. The highest BCUT2D eigenvalue weighted by Gasteiger charge is 2.57. The Hall–Kier alpha value is -0.235. The predicted octanol–water partition coefficient (Wildman–Crippen LogP) is 4.12. The zero-order valence-electron chi connectivity index (χ0n) is 12.7. The van der Waals surface area contributed by atoms with Gasteiger partial charge in [-0.05, 0) is 37.0 Å². The molecule has 2 rings (SSSR count). The van der Waals surface area contributed by atoms with Crippen LogP contribution in [0.5, 0.6) is 0 Å². The molecule has 1 heterocycles. The molecule has 0 aromatic rings. The summed E-state index contributed by atoms with van der Waals surface area (Å²) in [6.45, 7) is 15.8. The van der Waals surface area contributed by atoms with Gasteiger partial charge in [-0.1, -0.05) is 46.7 Å². The third-order valence-electron chi connectivity index (χ3n) is 4.86. The van der Waals surface area contributed by atoms with Crippen molar-refractivity contribution in [2.75, 3.05) is 0 Å². The quantitative estimate of drug-likeness (QED) is 0.536. The topological polar surface area (TPSA) is 9.23 Å². The van der Waals surface area contributed by atoms with Gasteiger partial charge in [0.1, 0.15) is 7.28 Å². The molecule has 1 saturated heterocycles. The Bertz CT molecular complexity index is 323. The highest BCUT2D eigenvalue weighted by atomic mass is 16.5. The Morgan fingerprint density at radius 2 is 2.06 bits per heavy atom. The molecule has 0 spiro atoms. The molecule has 1 aliphatic heterocycles. The maximum Gasteiger partial charge on any atom is 0.146 e. The number of hydrogen-bond donors (Lipinski definition) is 0. The fourth-order valence-electron chi connectivity index (χ4n) is 4.48. The van der Waals surface area contributed by atoms with Crippen LogP contribution in [0.1, 0.15) is 47.0 Å². The van der Waals surface area contributed by atoms with Crippen LogP contribution in [0.2, 0.25) is 6.82 Å². The van der Waals surface area contributed by atoms with E-state index in [1.54, 1.807) is 0 Å². The first-order valence-corrected chi connectivity index (χ1v) is 7.56. The van der Waals surface area contributed by atoms with Gasteiger partial charge in [0.15, 0.2) is 0 Å². The van der Waals surface area contributed by atoms with Gasteiger partial charge in [0.2, 0.25) is 0 Å². The largest absolute Gasteiger partial charge is 0.380 e. The molecule has 2 heteroatoms. The van der Waals surface area contributed by atoms with Crippen molar-refractivity contribution in [1.29, 1.82) is 0 Å². The number of rotatable bonds is 4. The van der Waals surface area contributed by atoms with E-state index in [0.717, 1.165) is 6.42 Å². The summed E-state index contributed by atoms with van der Waals surface area (Å²) in [6.07, 6.45) is 3.53. The van der Waals surface area contributed by atoms with Crippen molar-refractivity contribution in [3.63, 3.8) is 0 Å². The van der Waals surface area contributed by atoms with Crippen molar-refractivity contribution < 1.29 is 4.74 Å². The molecule has 2 bridgehead atoms. The third kappa shape index (κ3) is 2.17. The summed E-state index contributed by atoms with van der Waals surface area (Å²) < 4.78 is 6.56. The smallest absolute Gasteiger partial charge is 0.146 e. The molecule has 0 aromatic heterocycles. The van der Waals surface area contributed by atoms with Crippen molar-refractivity contribution in [3.8, 4) is 0 Å². The Balaban J connectivity index is 2.35. The second-order valence-corrected chi connectivity index (χ2v) is 7.03. The van der Waals surface area contributed by atoms with Crippen molar-refractivity contribution in [3.05, 3.63) is 12.2 Å². The molecule has 4 atom stereocenters. The lowest BCUT2D eigenvalue weighted by molar-refractivity contribution is -0.0659. The van der Waals surface area contributed by atoms with Crippen LogP contribution in [0.3, 0.4) is 0 Å². The second-order valence-electron chi connectivity index (χ2n) is 7.03. The van der Waals surface area contributed by atoms with Gasteiger partial charge in [0, 0.05) is 11.9 Å². The Kier molecular flexibility index (Phi) is 3.97.